The third-order valence-corrected chi connectivity index (χ3v) is 2.20. The van der Waals surface area contributed by atoms with Gasteiger partial charge in [0.2, 0.25) is 0 Å². The molecular weight excluding hydrogens is 231 g/mol. The molecule has 0 aliphatic heterocycles. The van der Waals surface area contributed by atoms with E-state index in [1.54, 1.807) is 0 Å². The van der Waals surface area contributed by atoms with E-state index < -0.39 is 10.4 Å². The molecule has 0 aromatic heterocycles. The number of hydrogen-bond acceptors (Lipinski definition) is 5. The Bertz CT molecular complexity index is 409. The van der Waals surface area contributed by atoms with Crippen LogP contribution in [-0.4, -0.2) is 20.1 Å². The van der Waals surface area contributed by atoms with E-state index in [4.69, 9.17) is 5.11 Å². The summed E-state index contributed by atoms with van der Waals surface area (Å²) in [6, 6.07) is 5.44. The van der Waals surface area contributed by atoms with E-state index in [1.165, 1.54) is 31.2 Å². The van der Waals surface area contributed by atoms with Gasteiger partial charge in [-0.15, -0.1) is 0 Å². The van der Waals surface area contributed by atoms with Crippen molar-refractivity contribution in [3.63, 3.8) is 0 Å². The van der Waals surface area contributed by atoms with Crippen molar-refractivity contribution in [2.45, 2.75) is 6.92 Å². The SMILES string of the molecule is CCOS(=O)(=O)Oc1cccc(O)c1.[H-].[Na+]. The van der Waals surface area contributed by atoms with Gasteiger partial charge in [0, 0.05) is 6.07 Å². The molecule has 0 saturated heterocycles. The Morgan fingerprint density at radius 3 is 2.67 bits per heavy atom. The van der Waals surface area contributed by atoms with Crippen molar-refractivity contribution in [2.24, 2.45) is 0 Å². The monoisotopic (exact) mass is 242 g/mol. The zero-order valence-corrected chi connectivity index (χ0v) is 11.3. The average Bonchev–Trinajstić information content (AvgIpc) is 2.02. The molecule has 0 fully saturated rings. The van der Waals surface area contributed by atoms with Crippen LogP contribution in [0.5, 0.6) is 11.5 Å². The van der Waals surface area contributed by atoms with Crippen LogP contribution in [0.25, 0.3) is 0 Å². The van der Waals surface area contributed by atoms with Gasteiger partial charge in [0.15, 0.2) is 0 Å². The van der Waals surface area contributed by atoms with Crippen LogP contribution in [0.15, 0.2) is 24.3 Å². The van der Waals surface area contributed by atoms with E-state index >= 15 is 0 Å². The second-order valence-corrected chi connectivity index (χ2v) is 3.61. The van der Waals surface area contributed by atoms with Crippen molar-refractivity contribution in [3.8, 4) is 11.5 Å². The van der Waals surface area contributed by atoms with Gasteiger partial charge >= 0.3 is 40.0 Å². The van der Waals surface area contributed by atoms with E-state index in [9.17, 15) is 8.42 Å². The summed E-state index contributed by atoms with van der Waals surface area (Å²) in [6.07, 6.45) is 0. The second kappa shape index (κ2) is 6.34. The normalized spacial score (nSPS) is 10.5. The Balaban J connectivity index is 0. The molecule has 5 nitrogen and oxygen atoms in total. The van der Waals surface area contributed by atoms with Gasteiger partial charge in [-0.25, -0.2) is 4.18 Å². The van der Waals surface area contributed by atoms with Gasteiger partial charge in [-0.05, 0) is 19.1 Å². The van der Waals surface area contributed by atoms with Crippen molar-refractivity contribution < 1.29 is 52.9 Å². The maximum absolute atomic E-state index is 11.0. The molecule has 1 N–H and O–H groups in total. The minimum absolute atomic E-state index is 0. The predicted molar refractivity (Wildman–Crippen MR) is 50.4 cm³/mol. The van der Waals surface area contributed by atoms with Crippen molar-refractivity contribution in [3.05, 3.63) is 24.3 Å². The zero-order chi connectivity index (χ0) is 10.6. The van der Waals surface area contributed by atoms with Gasteiger partial charge in [-0.2, -0.15) is 8.42 Å². The zero-order valence-electron chi connectivity index (χ0n) is 9.50. The molecule has 0 saturated carbocycles. The largest absolute Gasteiger partial charge is 1.00 e. The topological polar surface area (TPSA) is 72.8 Å². The first-order chi connectivity index (χ1) is 6.53. The van der Waals surface area contributed by atoms with Crippen molar-refractivity contribution >= 4 is 10.4 Å². The van der Waals surface area contributed by atoms with Crippen LogP contribution in [0.3, 0.4) is 0 Å². The van der Waals surface area contributed by atoms with E-state index in [0.717, 1.165) is 0 Å². The Labute approximate surface area is 112 Å². The summed E-state index contributed by atoms with van der Waals surface area (Å²) < 4.78 is 30.8. The van der Waals surface area contributed by atoms with Crippen LogP contribution < -0.4 is 33.7 Å². The summed E-state index contributed by atoms with van der Waals surface area (Å²) in [5, 5.41) is 9.02. The molecule has 1 rings (SSSR count). The maximum Gasteiger partial charge on any atom is 1.00 e. The van der Waals surface area contributed by atoms with Gasteiger partial charge in [-0.3, -0.25) is 0 Å². The fraction of sp³-hybridized carbons (Fsp3) is 0.250. The fourth-order valence-corrected chi connectivity index (χ4v) is 1.50. The number of hydrogen-bond donors (Lipinski definition) is 1. The Morgan fingerprint density at radius 2 is 2.13 bits per heavy atom. The molecule has 0 amide bonds. The van der Waals surface area contributed by atoms with E-state index in [2.05, 4.69) is 8.37 Å². The molecule has 15 heavy (non-hydrogen) atoms. The average molecular weight is 242 g/mol. The molecule has 0 atom stereocenters. The van der Waals surface area contributed by atoms with Gasteiger partial charge in [-0.1, -0.05) is 6.07 Å². The summed E-state index contributed by atoms with van der Waals surface area (Å²) in [5.41, 5.74) is 0. The summed E-state index contributed by atoms with van der Waals surface area (Å²) in [4.78, 5) is 0. The molecule has 0 spiro atoms. The van der Waals surface area contributed by atoms with Crippen LogP contribution in [0.1, 0.15) is 8.35 Å². The van der Waals surface area contributed by atoms with Gasteiger partial charge < -0.3 is 10.7 Å². The Kier molecular flexibility index (Phi) is 6.23. The summed E-state index contributed by atoms with van der Waals surface area (Å²) in [6.45, 7) is 1.53. The Morgan fingerprint density at radius 1 is 1.47 bits per heavy atom. The number of phenols is 1. The first kappa shape index (κ1) is 14.7. The van der Waals surface area contributed by atoms with Crippen molar-refractivity contribution in [1.82, 2.24) is 0 Å². The third kappa shape index (κ3) is 5.39. The third-order valence-electron chi connectivity index (χ3n) is 1.28. The minimum atomic E-state index is -4.01. The molecule has 0 radical (unpaired) electrons. The summed E-state index contributed by atoms with van der Waals surface area (Å²) >= 11 is 0. The van der Waals surface area contributed by atoms with Crippen molar-refractivity contribution in [2.75, 3.05) is 6.61 Å². The van der Waals surface area contributed by atoms with E-state index in [1.807, 2.05) is 0 Å². The number of aromatic hydroxyl groups is 1. The molecule has 0 aliphatic rings. The van der Waals surface area contributed by atoms with E-state index in [-0.39, 0.29) is 49.1 Å². The molecular formula is C8H11NaO5S. The van der Waals surface area contributed by atoms with Gasteiger partial charge in [0.25, 0.3) is 0 Å². The standard InChI is InChI=1S/C8H10O5S.Na.H/c1-2-12-14(10,11)13-8-5-3-4-7(9)6-8;;/h3-6,9H,2H2,1H3;;/q;+1;-1. The molecule has 1 aromatic rings. The predicted octanol–water partition coefficient (Wildman–Crippen LogP) is -1.83. The molecule has 0 aliphatic carbocycles. The summed E-state index contributed by atoms with van der Waals surface area (Å²) in [7, 11) is -4.01. The van der Waals surface area contributed by atoms with Crippen LogP contribution >= 0.6 is 0 Å². The second-order valence-electron chi connectivity index (χ2n) is 2.40. The van der Waals surface area contributed by atoms with Gasteiger partial charge in [0.05, 0.1) is 6.61 Å². The molecule has 0 heterocycles. The first-order valence-corrected chi connectivity index (χ1v) is 5.24. The molecule has 1 aromatic carbocycles. The van der Waals surface area contributed by atoms with Crippen LogP contribution in [0.4, 0.5) is 0 Å². The minimum Gasteiger partial charge on any atom is -1.00 e. The van der Waals surface area contributed by atoms with E-state index in [0.29, 0.717) is 0 Å². The van der Waals surface area contributed by atoms with Crippen LogP contribution in [0, 0.1) is 0 Å². The molecule has 0 unspecified atom stereocenters. The Hall–Kier alpha value is -0.270. The van der Waals surface area contributed by atoms with Crippen LogP contribution in [0.2, 0.25) is 0 Å². The quantitative estimate of drug-likeness (QED) is 0.629. The smallest absolute Gasteiger partial charge is 1.00 e. The molecule has 80 valence electrons. The maximum atomic E-state index is 11.0. The molecule has 0 bridgehead atoms. The number of rotatable bonds is 4. The first-order valence-electron chi connectivity index (χ1n) is 3.91. The fourth-order valence-electron chi connectivity index (χ4n) is 0.822. The summed E-state index contributed by atoms with van der Waals surface area (Å²) in [5.74, 6) is -0.0624. The number of benzene rings is 1. The van der Waals surface area contributed by atoms with Gasteiger partial charge in [0.1, 0.15) is 11.5 Å². The number of phenolic OH excluding ortho intramolecular Hbond substituents is 1. The van der Waals surface area contributed by atoms with Crippen molar-refractivity contribution in [1.29, 1.82) is 0 Å². The van der Waals surface area contributed by atoms with Crippen LogP contribution in [-0.2, 0) is 14.6 Å². The molecule has 7 heteroatoms.